The maximum atomic E-state index is 12.8. The molecule has 1 N–H and O–H groups in total. The van der Waals surface area contributed by atoms with Gasteiger partial charge in [-0.05, 0) is 22.8 Å². The summed E-state index contributed by atoms with van der Waals surface area (Å²) in [5, 5.41) is 3.12. The average molecular weight is 430 g/mol. The van der Waals surface area contributed by atoms with E-state index in [0.717, 1.165) is 22.4 Å². The number of hydrogen-bond acceptors (Lipinski definition) is 3. The second kappa shape index (κ2) is 10.3. The largest absolute Gasteiger partial charge is 0.469 e. The number of methoxy groups -OCH3 is 1. The number of rotatable bonds is 7. The molecule has 0 fully saturated rings. The van der Waals surface area contributed by atoms with Crippen LogP contribution in [0.15, 0.2) is 84.9 Å². The molecule has 3 aromatic carbocycles. The molecule has 4 nitrogen and oxygen atoms in total. The molecule has 0 spiro atoms. The summed E-state index contributed by atoms with van der Waals surface area (Å²) in [7, 11) is 1.42. The lowest BCUT2D eigenvalue weighted by Crippen LogP contribution is -2.28. The molecule has 0 unspecified atom stereocenters. The topological polar surface area (TPSA) is 55.4 Å². The van der Waals surface area contributed by atoms with Gasteiger partial charge in [0.15, 0.2) is 0 Å². The number of carbonyl (C=O) groups excluding carboxylic acids is 2. The maximum Gasteiger partial charge on any atom is 0.306 e. The first kappa shape index (κ1) is 23.3. The standard InChI is InChI=1S/C28H31NO3/c1-28(2,3)27(31)29-24-18-12-11-17-22(24)26(21-15-9-6-10-16-21)23(19-25(30)32-4)20-13-7-5-8-14-20/h5-18,23,26H,19H2,1-4H3,(H,29,31)/t23-,26-/m1/s1. The second-order valence-corrected chi connectivity index (χ2v) is 8.98. The highest BCUT2D eigenvalue weighted by molar-refractivity contribution is 5.95. The van der Waals surface area contributed by atoms with Crippen molar-refractivity contribution in [1.82, 2.24) is 0 Å². The Bertz CT molecular complexity index is 1040. The van der Waals surface area contributed by atoms with Gasteiger partial charge in [-0.1, -0.05) is 99.6 Å². The molecule has 3 rings (SSSR count). The molecule has 0 aliphatic heterocycles. The first-order valence-electron chi connectivity index (χ1n) is 10.9. The number of hydrogen-bond donors (Lipinski definition) is 1. The van der Waals surface area contributed by atoms with Crippen LogP contribution in [0.3, 0.4) is 0 Å². The zero-order chi connectivity index (χ0) is 23.1. The van der Waals surface area contributed by atoms with Crippen molar-refractivity contribution in [2.45, 2.75) is 39.0 Å². The fourth-order valence-corrected chi connectivity index (χ4v) is 3.87. The third-order valence-electron chi connectivity index (χ3n) is 5.63. The van der Waals surface area contributed by atoms with Gasteiger partial charge in [-0.2, -0.15) is 0 Å². The first-order chi connectivity index (χ1) is 15.3. The molecule has 0 aliphatic carbocycles. The van der Waals surface area contributed by atoms with Crippen LogP contribution >= 0.6 is 0 Å². The van der Waals surface area contributed by atoms with Crippen LogP contribution in [0.1, 0.15) is 55.7 Å². The number of benzene rings is 3. The van der Waals surface area contributed by atoms with Crippen molar-refractivity contribution in [2.24, 2.45) is 5.41 Å². The molecule has 32 heavy (non-hydrogen) atoms. The van der Waals surface area contributed by atoms with E-state index in [1.54, 1.807) is 0 Å². The lowest BCUT2D eigenvalue weighted by molar-refractivity contribution is -0.141. The number of para-hydroxylation sites is 1. The van der Waals surface area contributed by atoms with Crippen LogP contribution < -0.4 is 5.32 Å². The van der Waals surface area contributed by atoms with Crippen LogP contribution in [-0.4, -0.2) is 19.0 Å². The van der Waals surface area contributed by atoms with Gasteiger partial charge >= 0.3 is 5.97 Å². The molecule has 0 aliphatic rings. The zero-order valence-corrected chi connectivity index (χ0v) is 19.2. The Morgan fingerprint density at radius 2 is 1.34 bits per heavy atom. The quantitative estimate of drug-likeness (QED) is 0.458. The van der Waals surface area contributed by atoms with Gasteiger partial charge in [-0.15, -0.1) is 0 Å². The third-order valence-corrected chi connectivity index (χ3v) is 5.63. The van der Waals surface area contributed by atoms with Gasteiger partial charge in [0.25, 0.3) is 0 Å². The monoisotopic (exact) mass is 429 g/mol. The minimum atomic E-state index is -0.528. The fraction of sp³-hybridized carbons (Fsp3) is 0.286. The van der Waals surface area contributed by atoms with E-state index in [2.05, 4.69) is 17.4 Å². The summed E-state index contributed by atoms with van der Waals surface area (Å²) >= 11 is 0. The van der Waals surface area contributed by atoms with Crippen molar-refractivity contribution in [3.05, 3.63) is 102 Å². The molecule has 166 valence electrons. The van der Waals surface area contributed by atoms with Crippen molar-refractivity contribution >= 4 is 17.6 Å². The van der Waals surface area contributed by atoms with Gasteiger partial charge in [0, 0.05) is 22.9 Å². The van der Waals surface area contributed by atoms with Gasteiger partial charge in [0.1, 0.15) is 0 Å². The van der Waals surface area contributed by atoms with Crippen LogP contribution in [0, 0.1) is 5.41 Å². The summed E-state index contributed by atoms with van der Waals surface area (Å²) < 4.78 is 5.05. The van der Waals surface area contributed by atoms with E-state index in [1.807, 2.05) is 93.6 Å². The van der Waals surface area contributed by atoms with Crippen LogP contribution in [0.25, 0.3) is 0 Å². The van der Waals surface area contributed by atoms with Crippen molar-refractivity contribution in [1.29, 1.82) is 0 Å². The van der Waals surface area contributed by atoms with Crippen molar-refractivity contribution in [2.75, 3.05) is 12.4 Å². The summed E-state index contributed by atoms with van der Waals surface area (Å²) in [5.74, 6) is -0.648. The molecule has 1 amide bonds. The van der Waals surface area contributed by atoms with Gasteiger partial charge < -0.3 is 10.1 Å². The van der Waals surface area contributed by atoms with Gasteiger partial charge in [-0.3, -0.25) is 9.59 Å². The summed E-state index contributed by atoms with van der Waals surface area (Å²) in [4.78, 5) is 25.3. The van der Waals surface area contributed by atoms with Crippen molar-refractivity contribution in [3.63, 3.8) is 0 Å². The zero-order valence-electron chi connectivity index (χ0n) is 19.2. The van der Waals surface area contributed by atoms with Crippen LogP contribution in [-0.2, 0) is 14.3 Å². The Labute approximate surface area is 190 Å². The molecular formula is C28H31NO3. The lowest BCUT2D eigenvalue weighted by atomic mass is 9.75. The van der Waals surface area contributed by atoms with E-state index >= 15 is 0 Å². The van der Waals surface area contributed by atoms with Gasteiger partial charge in [0.2, 0.25) is 5.91 Å². The predicted molar refractivity (Wildman–Crippen MR) is 129 cm³/mol. The molecular weight excluding hydrogens is 398 g/mol. The summed E-state index contributed by atoms with van der Waals surface area (Å²) in [6.45, 7) is 5.68. The number of nitrogens with one attached hydrogen (secondary N) is 1. The molecule has 0 saturated heterocycles. The number of ether oxygens (including phenoxy) is 1. The first-order valence-corrected chi connectivity index (χ1v) is 10.9. The predicted octanol–water partition coefficient (Wildman–Crippen LogP) is 6.15. The normalized spacial score (nSPS) is 13.1. The Morgan fingerprint density at radius 3 is 1.91 bits per heavy atom. The van der Waals surface area contributed by atoms with Gasteiger partial charge in [0.05, 0.1) is 13.5 Å². The maximum absolute atomic E-state index is 12.8. The number of anilines is 1. The Balaban J connectivity index is 2.17. The smallest absolute Gasteiger partial charge is 0.306 e. The van der Waals surface area contributed by atoms with Crippen molar-refractivity contribution in [3.8, 4) is 0 Å². The van der Waals surface area contributed by atoms with E-state index < -0.39 is 5.41 Å². The Kier molecular flexibility index (Phi) is 7.47. The highest BCUT2D eigenvalue weighted by atomic mass is 16.5. The highest BCUT2D eigenvalue weighted by Crippen LogP contribution is 2.43. The molecule has 0 heterocycles. The summed E-state index contributed by atoms with van der Waals surface area (Å²) in [6.07, 6.45) is 0.224. The van der Waals surface area contributed by atoms with Crippen LogP contribution in [0.5, 0.6) is 0 Å². The lowest BCUT2D eigenvalue weighted by Gasteiger charge is -2.30. The van der Waals surface area contributed by atoms with Crippen LogP contribution in [0.4, 0.5) is 5.69 Å². The van der Waals surface area contributed by atoms with E-state index in [1.165, 1.54) is 7.11 Å². The number of carbonyl (C=O) groups is 2. The SMILES string of the molecule is COC(=O)C[C@H](c1ccccc1)[C@H](c1ccccc1)c1ccccc1NC(=O)C(C)(C)C. The van der Waals surface area contributed by atoms with E-state index in [0.29, 0.717) is 0 Å². The number of esters is 1. The molecule has 3 aromatic rings. The fourth-order valence-electron chi connectivity index (χ4n) is 3.87. The highest BCUT2D eigenvalue weighted by Gasteiger charge is 2.31. The third kappa shape index (κ3) is 5.64. The molecule has 2 atom stereocenters. The minimum Gasteiger partial charge on any atom is -0.469 e. The minimum absolute atomic E-state index is 0.0546. The average Bonchev–Trinajstić information content (AvgIpc) is 2.80. The Hall–Kier alpha value is -3.40. The van der Waals surface area contributed by atoms with E-state index in [-0.39, 0.29) is 30.1 Å². The van der Waals surface area contributed by atoms with Crippen molar-refractivity contribution < 1.29 is 14.3 Å². The molecule has 0 aromatic heterocycles. The van der Waals surface area contributed by atoms with Gasteiger partial charge in [-0.25, -0.2) is 0 Å². The molecule has 4 heteroatoms. The van der Waals surface area contributed by atoms with Crippen LogP contribution in [0.2, 0.25) is 0 Å². The second-order valence-electron chi connectivity index (χ2n) is 8.98. The summed E-state index contributed by atoms with van der Waals surface area (Å²) in [5.41, 5.74) is 3.31. The summed E-state index contributed by atoms with van der Waals surface area (Å²) in [6, 6.07) is 28.0. The van der Waals surface area contributed by atoms with E-state index in [4.69, 9.17) is 4.74 Å². The van der Waals surface area contributed by atoms with E-state index in [9.17, 15) is 9.59 Å². The molecule has 0 bridgehead atoms. The molecule has 0 radical (unpaired) electrons. The number of amides is 1. The molecule has 0 saturated carbocycles. The Morgan fingerprint density at radius 1 is 0.812 bits per heavy atom.